The molecule has 130 valence electrons. The van der Waals surface area contributed by atoms with Crippen LogP contribution in [0.15, 0.2) is 51.2 Å². The lowest BCUT2D eigenvalue weighted by atomic mass is 10.1. The van der Waals surface area contributed by atoms with Gasteiger partial charge < -0.3 is 4.57 Å². The van der Waals surface area contributed by atoms with Crippen molar-refractivity contribution >= 4 is 22.9 Å². The van der Waals surface area contributed by atoms with Gasteiger partial charge in [-0.3, -0.25) is 14.3 Å². The van der Waals surface area contributed by atoms with Crippen LogP contribution in [0.2, 0.25) is 0 Å². The highest BCUT2D eigenvalue weighted by atomic mass is 32.2. The molecule has 0 bridgehead atoms. The summed E-state index contributed by atoms with van der Waals surface area (Å²) in [5, 5.41) is 0.723. The van der Waals surface area contributed by atoms with Crippen LogP contribution in [-0.4, -0.2) is 24.9 Å². The zero-order chi connectivity index (χ0) is 18.0. The van der Waals surface area contributed by atoms with Gasteiger partial charge in [0.2, 0.25) is 0 Å². The standard InChI is InChI=1S/C18H20N4O2S/c1-4-5-9-25-18-19-15-14(16(23)20-17(24)21(15)3)22(18)11-13-8-6-7-12(2)10-13/h4-8,10H,9,11H2,1-3H3,(H,20,23,24). The van der Waals surface area contributed by atoms with Crippen LogP contribution in [0.3, 0.4) is 0 Å². The molecule has 25 heavy (non-hydrogen) atoms. The van der Waals surface area contributed by atoms with Gasteiger partial charge in [0, 0.05) is 12.8 Å². The molecule has 2 heterocycles. The van der Waals surface area contributed by atoms with Gasteiger partial charge in [0.15, 0.2) is 16.3 Å². The van der Waals surface area contributed by atoms with E-state index in [4.69, 9.17) is 0 Å². The molecule has 0 amide bonds. The number of rotatable bonds is 5. The maximum atomic E-state index is 12.4. The fourth-order valence-electron chi connectivity index (χ4n) is 2.68. The molecule has 0 fully saturated rings. The van der Waals surface area contributed by atoms with Crippen molar-refractivity contribution in [2.24, 2.45) is 7.05 Å². The van der Waals surface area contributed by atoms with E-state index >= 15 is 0 Å². The summed E-state index contributed by atoms with van der Waals surface area (Å²) in [5.74, 6) is 0.749. The molecule has 1 aromatic carbocycles. The number of fused-ring (bicyclic) bond motifs is 1. The Morgan fingerprint density at radius 2 is 2.12 bits per heavy atom. The van der Waals surface area contributed by atoms with E-state index in [0.29, 0.717) is 17.7 Å². The minimum Gasteiger partial charge on any atom is -0.309 e. The average Bonchev–Trinajstić information content (AvgIpc) is 2.92. The number of nitrogens with one attached hydrogen (secondary N) is 1. The lowest BCUT2D eigenvalue weighted by Gasteiger charge is -2.09. The molecule has 0 saturated carbocycles. The first-order chi connectivity index (χ1) is 12.0. The third-order valence-electron chi connectivity index (χ3n) is 3.94. The van der Waals surface area contributed by atoms with Crippen molar-refractivity contribution in [2.75, 3.05) is 5.75 Å². The molecule has 6 nitrogen and oxygen atoms in total. The zero-order valence-corrected chi connectivity index (χ0v) is 15.3. The van der Waals surface area contributed by atoms with Crippen molar-refractivity contribution in [1.29, 1.82) is 0 Å². The minimum atomic E-state index is -0.456. The molecular weight excluding hydrogens is 336 g/mol. The molecule has 0 aliphatic rings. The summed E-state index contributed by atoms with van der Waals surface area (Å²) in [6.07, 6.45) is 4.01. The molecule has 3 aromatic rings. The van der Waals surface area contributed by atoms with Gasteiger partial charge in [-0.2, -0.15) is 0 Å². The molecule has 0 spiro atoms. The van der Waals surface area contributed by atoms with Gasteiger partial charge in [0.1, 0.15) is 0 Å². The molecule has 2 aromatic heterocycles. The molecule has 0 radical (unpaired) electrons. The number of aromatic amines is 1. The van der Waals surface area contributed by atoms with Crippen molar-refractivity contribution in [3.63, 3.8) is 0 Å². The van der Waals surface area contributed by atoms with Gasteiger partial charge in [-0.15, -0.1) is 0 Å². The highest BCUT2D eigenvalue weighted by molar-refractivity contribution is 7.99. The molecule has 7 heteroatoms. The van der Waals surface area contributed by atoms with Crippen LogP contribution in [0.5, 0.6) is 0 Å². The Labute approximate surface area is 149 Å². The Balaban J connectivity index is 2.18. The highest BCUT2D eigenvalue weighted by Crippen LogP contribution is 2.23. The van der Waals surface area contributed by atoms with Gasteiger partial charge >= 0.3 is 5.69 Å². The summed E-state index contributed by atoms with van der Waals surface area (Å²) < 4.78 is 3.26. The second-order valence-electron chi connectivity index (χ2n) is 5.84. The zero-order valence-electron chi connectivity index (χ0n) is 14.4. The van der Waals surface area contributed by atoms with E-state index in [1.54, 1.807) is 18.8 Å². The second kappa shape index (κ2) is 7.14. The first-order valence-electron chi connectivity index (χ1n) is 8.00. The minimum absolute atomic E-state index is 0.406. The number of benzene rings is 1. The maximum absolute atomic E-state index is 12.4. The summed E-state index contributed by atoms with van der Waals surface area (Å²) in [4.78, 5) is 31.2. The van der Waals surface area contributed by atoms with Crippen molar-refractivity contribution in [3.05, 3.63) is 68.4 Å². The van der Waals surface area contributed by atoms with Crippen molar-refractivity contribution in [2.45, 2.75) is 25.5 Å². The maximum Gasteiger partial charge on any atom is 0.329 e. The monoisotopic (exact) mass is 356 g/mol. The smallest absolute Gasteiger partial charge is 0.309 e. The normalized spacial score (nSPS) is 11.6. The SMILES string of the molecule is CC=CCSc1nc2c(c(=O)[nH]c(=O)n2C)n1Cc1cccc(C)c1. The number of aryl methyl sites for hydroxylation is 2. The number of hydrogen-bond acceptors (Lipinski definition) is 4. The van der Waals surface area contributed by atoms with Crippen LogP contribution in [0, 0.1) is 6.92 Å². The topological polar surface area (TPSA) is 72.7 Å². The summed E-state index contributed by atoms with van der Waals surface area (Å²) >= 11 is 1.54. The fourth-order valence-corrected chi connectivity index (χ4v) is 3.58. The van der Waals surface area contributed by atoms with E-state index in [9.17, 15) is 9.59 Å². The van der Waals surface area contributed by atoms with E-state index in [-0.39, 0.29) is 0 Å². The van der Waals surface area contributed by atoms with Gasteiger partial charge in [0.05, 0.1) is 6.54 Å². The Kier molecular flexibility index (Phi) is 4.94. The van der Waals surface area contributed by atoms with Crippen LogP contribution in [0.25, 0.3) is 11.2 Å². The van der Waals surface area contributed by atoms with E-state index in [0.717, 1.165) is 22.0 Å². The number of aromatic nitrogens is 4. The molecule has 0 atom stereocenters. The Morgan fingerprint density at radius 3 is 2.84 bits per heavy atom. The Bertz CT molecular complexity index is 1060. The predicted octanol–water partition coefficient (Wildman–Crippen LogP) is 2.45. The second-order valence-corrected chi connectivity index (χ2v) is 6.83. The number of allylic oxidation sites excluding steroid dienone is 1. The van der Waals surface area contributed by atoms with Crippen LogP contribution in [-0.2, 0) is 13.6 Å². The number of imidazole rings is 1. The third-order valence-corrected chi connectivity index (χ3v) is 4.87. The van der Waals surface area contributed by atoms with Gasteiger partial charge in [-0.1, -0.05) is 53.7 Å². The molecule has 1 N–H and O–H groups in total. The summed E-state index contributed by atoms with van der Waals surface area (Å²) in [5.41, 5.74) is 2.21. The summed E-state index contributed by atoms with van der Waals surface area (Å²) in [6.45, 7) is 4.52. The fraction of sp³-hybridized carbons (Fsp3) is 0.278. The Morgan fingerprint density at radius 1 is 1.32 bits per heavy atom. The van der Waals surface area contributed by atoms with E-state index in [1.165, 1.54) is 4.57 Å². The van der Waals surface area contributed by atoms with Crippen LogP contribution >= 0.6 is 11.8 Å². The quantitative estimate of drug-likeness (QED) is 0.563. The van der Waals surface area contributed by atoms with Gasteiger partial charge in [-0.25, -0.2) is 9.78 Å². The van der Waals surface area contributed by atoms with Gasteiger partial charge in [-0.05, 0) is 19.4 Å². The third kappa shape index (κ3) is 3.46. The number of nitrogens with zero attached hydrogens (tertiary/aromatic N) is 3. The molecule has 3 rings (SSSR count). The number of hydrogen-bond donors (Lipinski definition) is 1. The van der Waals surface area contributed by atoms with E-state index in [1.807, 2.05) is 48.8 Å². The molecule has 0 aliphatic carbocycles. The molecule has 0 unspecified atom stereocenters. The largest absolute Gasteiger partial charge is 0.329 e. The summed E-state index contributed by atoms with van der Waals surface area (Å²) in [6, 6.07) is 8.14. The van der Waals surface area contributed by atoms with Crippen molar-refractivity contribution < 1.29 is 0 Å². The first-order valence-corrected chi connectivity index (χ1v) is 8.99. The van der Waals surface area contributed by atoms with E-state index in [2.05, 4.69) is 16.0 Å². The van der Waals surface area contributed by atoms with Crippen LogP contribution < -0.4 is 11.2 Å². The molecule has 0 saturated heterocycles. The number of H-pyrrole nitrogens is 1. The highest BCUT2D eigenvalue weighted by Gasteiger charge is 2.17. The van der Waals surface area contributed by atoms with Crippen LogP contribution in [0.1, 0.15) is 18.1 Å². The van der Waals surface area contributed by atoms with Crippen molar-refractivity contribution in [1.82, 2.24) is 19.1 Å². The summed E-state index contributed by atoms with van der Waals surface area (Å²) in [7, 11) is 1.62. The van der Waals surface area contributed by atoms with Gasteiger partial charge in [0.25, 0.3) is 5.56 Å². The van der Waals surface area contributed by atoms with Crippen LogP contribution in [0.4, 0.5) is 0 Å². The van der Waals surface area contributed by atoms with Crippen molar-refractivity contribution in [3.8, 4) is 0 Å². The molecule has 0 aliphatic heterocycles. The van der Waals surface area contributed by atoms with E-state index < -0.39 is 11.2 Å². The number of thioether (sulfide) groups is 1. The molecular formula is C18H20N4O2S. The Hall–Kier alpha value is -2.54. The lowest BCUT2D eigenvalue weighted by Crippen LogP contribution is -2.29. The predicted molar refractivity (Wildman–Crippen MR) is 101 cm³/mol. The first kappa shape index (κ1) is 17.3. The lowest BCUT2D eigenvalue weighted by molar-refractivity contribution is 0.728. The average molecular weight is 356 g/mol.